The van der Waals surface area contributed by atoms with Gasteiger partial charge < -0.3 is 10.1 Å². The highest BCUT2D eigenvalue weighted by atomic mass is 32.1. The van der Waals surface area contributed by atoms with Crippen LogP contribution in [0.1, 0.15) is 25.1 Å². The highest BCUT2D eigenvalue weighted by molar-refractivity contribution is 7.09. The summed E-state index contributed by atoms with van der Waals surface area (Å²) >= 11 is 1.85. The van der Waals surface area contributed by atoms with E-state index in [1.165, 1.54) is 4.88 Å². The first-order chi connectivity index (χ1) is 9.20. The fraction of sp³-hybridized carbons (Fsp3) is 0.733. The molecule has 0 spiro atoms. The van der Waals surface area contributed by atoms with Crippen LogP contribution in [0.5, 0.6) is 0 Å². The van der Waals surface area contributed by atoms with Crippen LogP contribution in [0, 0.1) is 5.92 Å². The van der Waals surface area contributed by atoms with Crippen molar-refractivity contribution in [3.63, 3.8) is 0 Å². The first kappa shape index (κ1) is 15.0. The maximum atomic E-state index is 5.67. The lowest BCUT2D eigenvalue weighted by molar-refractivity contribution is 0.0126. The van der Waals surface area contributed by atoms with Crippen molar-refractivity contribution in [3.8, 4) is 0 Å². The number of thiophene rings is 1. The van der Waals surface area contributed by atoms with E-state index in [1.54, 1.807) is 0 Å². The van der Waals surface area contributed by atoms with Gasteiger partial charge in [-0.1, -0.05) is 6.07 Å². The minimum Gasteiger partial charge on any atom is -0.381 e. The van der Waals surface area contributed by atoms with E-state index >= 15 is 0 Å². The zero-order valence-electron chi connectivity index (χ0n) is 12.3. The molecule has 2 unspecified atom stereocenters. The SMILES string of the molecule is CNC1CCOCC1CN(Cc1cccs1)C(C)C. The van der Waals surface area contributed by atoms with Gasteiger partial charge in [0.2, 0.25) is 0 Å². The Labute approximate surface area is 121 Å². The van der Waals surface area contributed by atoms with Gasteiger partial charge in [0.15, 0.2) is 0 Å². The maximum absolute atomic E-state index is 5.67. The van der Waals surface area contributed by atoms with Crippen molar-refractivity contribution in [1.29, 1.82) is 0 Å². The van der Waals surface area contributed by atoms with Crippen molar-refractivity contribution in [2.45, 2.75) is 38.9 Å². The third kappa shape index (κ3) is 4.28. The van der Waals surface area contributed by atoms with Gasteiger partial charge in [-0.3, -0.25) is 4.90 Å². The lowest BCUT2D eigenvalue weighted by Gasteiger charge is -2.36. The van der Waals surface area contributed by atoms with Crippen molar-refractivity contribution in [2.75, 3.05) is 26.8 Å². The molecule has 1 aromatic rings. The van der Waals surface area contributed by atoms with E-state index in [1.807, 2.05) is 11.3 Å². The third-order valence-electron chi connectivity index (χ3n) is 3.98. The molecule has 0 bridgehead atoms. The Balaban J connectivity index is 1.95. The summed E-state index contributed by atoms with van der Waals surface area (Å²) in [6, 6.07) is 5.53. The summed E-state index contributed by atoms with van der Waals surface area (Å²) in [6.45, 7) is 8.52. The second kappa shape index (κ2) is 7.39. The minimum absolute atomic E-state index is 0.571. The van der Waals surface area contributed by atoms with Gasteiger partial charge in [0.05, 0.1) is 6.61 Å². The van der Waals surface area contributed by atoms with Crippen LogP contribution >= 0.6 is 11.3 Å². The van der Waals surface area contributed by atoms with Crippen LogP contribution in [0.2, 0.25) is 0 Å². The first-order valence-electron chi connectivity index (χ1n) is 7.22. The molecule has 0 amide bonds. The molecule has 0 saturated carbocycles. The molecule has 0 aliphatic carbocycles. The van der Waals surface area contributed by atoms with Gasteiger partial charge in [0, 0.05) is 42.6 Å². The fourth-order valence-corrected chi connectivity index (χ4v) is 3.45. The molecule has 2 atom stereocenters. The molecule has 1 fully saturated rings. The minimum atomic E-state index is 0.571. The fourth-order valence-electron chi connectivity index (χ4n) is 2.72. The van der Waals surface area contributed by atoms with E-state index in [0.717, 1.165) is 32.7 Å². The maximum Gasteiger partial charge on any atom is 0.0521 e. The zero-order chi connectivity index (χ0) is 13.7. The van der Waals surface area contributed by atoms with Gasteiger partial charge in [-0.25, -0.2) is 0 Å². The van der Waals surface area contributed by atoms with Crippen LogP contribution in [-0.4, -0.2) is 43.8 Å². The monoisotopic (exact) mass is 282 g/mol. The summed E-state index contributed by atoms with van der Waals surface area (Å²) in [5.41, 5.74) is 0. The topological polar surface area (TPSA) is 24.5 Å². The Kier molecular flexibility index (Phi) is 5.82. The van der Waals surface area contributed by atoms with Gasteiger partial charge in [0.25, 0.3) is 0 Å². The number of ether oxygens (including phenoxy) is 1. The smallest absolute Gasteiger partial charge is 0.0521 e. The summed E-state index contributed by atoms with van der Waals surface area (Å²) in [6.07, 6.45) is 1.13. The zero-order valence-corrected chi connectivity index (χ0v) is 13.1. The Bertz CT molecular complexity index is 353. The van der Waals surface area contributed by atoms with E-state index in [9.17, 15) is 0 Å². The third-order valence-corrected chi connectivity index (χ3v) is 4.84. The molecule has 4 heteroatoms. The average molecular weight is 282 g/mol. The van der Waals surface area contributed by atoms with Crippen molar-refractivity contribution in [1.82, 2.24) is 10.2 Å². The van der Waals surface area contributed by atoms with Crippen LogP contribution in [-0.2, 0) is 11.3 Å². The highest BCUT2D eigenvalue weighted by Gasteiger charge is 2.27. The van der Waals surface area contributed by atoms with E-state index < -0.39 is 0 Å². The Morgan fingerprint density at radius 2 is 2.37 bits per heavy atom. The average Bonchev–Trinajstić information content (AvgIpc) is 2.91. The summed E-state index contributed by atoms with van der Waals surface area (Å²) in [5.74, 6) is 0.598. The Morgan fingerprint density at radius 3 is 3.00 bits per heavy atom. The van der Waals surface area contributed by atoms with Crippen LogP contribution in [0.3, 0.4) is 0 Å². The predicted octanol–water partition coefficient (Wildman–Crippen LogP) is 2.58. The summed E-state index contributed by atoms with van der Waals surface area (Å²) in [4.78, 5) is 4.02. The second-order valence-corrected chi connectivity index (χ2v) is 6.65. The number of nitrogens with one attached hydrogen (secondary N) is 1. The molecule has 19 heavy (non-hydrogen) atoms. The van der Waals surface area contributed by atoms with Crippen LogP contribution < -0.4 is 5.32 Å². The molecule has 1 aromatic heterocycles. The van der Waals surface area contributed by atoms with Crippen LogP contribution in [0.4, 0.5) is 0 Å². The molecular formula is C15H26N2OS. The standard InChI is InChI=1S/C15H26N2OS/c1-12(2)17(10-14-5-4-8-19-14)9-13-11-18-7-6-15(13)16-3/h4-5,8,12-13,15-16H,6-7,9-11H2,1-3H3. The molecule has 1 N–H and O–H groups in total. The molecule has 3 nitrogen and oxygen atoms in total. The lowest BCUT2D eigenvalue weighted by atomic mass is 9.95. The summed E-state index contributed by atoms with van der Waals surface area (Å²) < 4.78 is 5.67. The molecular weight excluding hydrogens is 256 g/mol. The largest absolute Gasteiger partial charge is 0.381 e. The highest BCUT2D eigenvalue weighted by Crippen LogP contribution is 2.20. The van der Waals surface area contributed by atoms with E-state index in [0.29, 0.717) is 18.0 Å². The number of nitrogens with zero attached hydrogens (tertiary/aromatic N) is 1. The van der Waals surface area contributed by atoms with E-state index in [-0.39, 0.29) is 0 Å². The van der Waals surface area contributed by atoms with Crippen molar-refractivity contribution in [3.05, 3.63) is 22.4 Å². The molecule has 2 heterocycles. The van der Waals surface area contributed by atoms with Crippen LogP contribution in [0.15, 0.2) is 17.5 Å². The van der Waals surface area contributed by atoms with Gasteiger partial charge in [-0.05, 0) is 38.8 Å². The number of rotatable bonds is 6. The molecule has 1 saturated heterocycles. The predicted molar refractivity (Wildman–Crippen MR) is 81.6 cm³/mol. The lowest BCUT2D eigenvalue weighted by Crippen LogP contribution is -2.47. The Morgan fingerprint density at radius 1 is 1.53 bits per heavy atom. The van der Waals surface area contributed by atoms with Crippen LogP contribution in [0.25, 0.3) is 0 Å². The molecule has 0 aromatic carbocycles. The van der Waals surface area contributed by atoms with Crippen molar-refractivity contribution >= 4 is 11.3 Å². The van der Waals surface area contributed by atoms with Gasteiger partial charge in [-0.15, -0.1) is 11.3 Å². The Hall–Kier alpha value is -0.420. The van der Waals surface area contributed by atoms with Gasteiger partial charge in [0.1, 0.15) is 0 Å². The summed E-state index contributed by atoms with van der Waals surface area (Å²) in [7, 11) is 2.07. The molecule has 1 aliphatic rings. The van der Waals surface area contributed by atoms with Crippen molar-refractivity contribution < 1.29 is 4.74 Å². The van der Waals surface area contributed by atoms with Crippen molar-refractivity contribution in [2.24, 2.45) is 5.92 Å². The summed E-state index contributed by atoms with van der Waals surface area (Å²) in [5, 5.41) is 5.61. The quantitative estimate of drug-likeness (QED) is 0.868. The van der Waals surface area contributed by atoms with Gasteiger partial charge >= 0.3 is 0 Å². The normalized spacial score (nSPS) is 24.3. The number of hydrogen-bond acceptors (Lipinski definition) is 4. The second-order valence-electron chi connectivity index (χ2n) is 5.62. The van der Waals surface area contributed by atoms with E-state index in [4.69, 9.17) is 4.74 Å². The molecule has 2 rings (SSSR count). The molecule has 0 radical (unpaired) electrons. The first-order valence-corrected chi connectivity index (χ1v) is 8.10. The van der Waals surface area contributed by atoms with Gasteiger partial charge in [-0.2, -0.15) is 0 Å². The number of hydrogen-bond donors (Lipinski definition) is 1. The molecule has 108 valence electrons. The molecule has 1 aliphatic heterocycles. The van der Waals surface area contributed by atoms with E-state index in [2.05, 4.69) is 48.6 Å².